The molecule has 14 heavy (non-hydrogen) atoms. The van der Waals surface area contributed by atoms with Gasteiger partial charge in [-0.3, -0.25) is 0 Å². The highest BCUT2D eigenvalue weighted by molar-refractivity contribution is 6.17. The molecule has 0 N–H and O–H groups in total. The lowest BCUT2D eigenvalue weighted by atomic mass is 10.1. The first-order valence-corrected chi connectivity index (χ1v) is 5.04. The number of hydrogen-bond acceptors (Lipinski definition) is 1. The summed E-state index contributed by atoms with van der Waals surface area (Å²) in [6, 6.07) is 7.80. The van der Waals surface area contributed by atoms with Crippen LogP contribution in [0.2, 0.25) is 0 Å². The fraction of sp³-hybridized carbons (Fsp3) is 0.250. The van der Waals surface area contributed by atoms with Crippen molar-refractivity contribution in [2.24, 2.45) is 0 Å². The SMILES string of the molecule is Cc1ccc(C#N)cc1C=CCCCl. The van der Waals surface area contributed by atoms with Gasteiger partial charge < -0.3 is 0 Å². The van der Waals surface area contributed by atoms with Crippen molar-refractivity contribution in [3.8, 4) is 6.07 Å². The van der Waals surface area contributed by atoms with Crippen LogP contribution >= 0.6 is 11.6 Å². The predicted octanol–water partition coefficient (Wildman–Crippen LogP) is 3.51. The fourth-order valence-electron chi connectivity index (χ4n) is 1.16. The highest BCUT2D eigenvalue weighted by Crippen LogP contribution is 2.12. The van der Waals surface area contributed by atoms with Crippen molar-refractivity contribution in [3.05, 3.63) is 41.0 Å². The van der Waals surface area contributed by atoms with Crippen LogP contribution < -0.4 is 0 Å². The Morgan fingerprint density at radius 1 is 1.50 bits per heavy atom. The molecular formula is C12H12ClN. The molecule has 2 heteroatoms. The lowest BCUT2D eigenvalue weighted by Gasteiger charge is -1.99. The number of aryl methyl sites for hydroxylation is 1. The summed E-state index contributed by atoms with van der Waals surface area (Å²) in [4.78, 5) is 0. The second kappa shape index (κ2) is 5.47. The van der Waals surface area contributed by atoms with Crippen LogP contribution in [0.25, 0.3) is 6.08 Å². The second-order valence-electron chi connectivity index (χ2n) is 3.06. The number of benzene rings is 1. The minimum Gasteiger partial charge on any atom is -0.192 e. The highest BCUT2D eigenvalue weighted by atomic mass is 35.5. The molecule has 1 aromatic carbocycles. The van der Waals surface area contributed by atoms with E-state index in [1.54, 1.807) is 0 Å². The van der Waals surface area contributed by atoms with Crippen LogP contribution in [0.15, 0.2) is 24.3 Å². The summed E-state index contributed by atoms with van der Waals surface area (Å²) in [6.45, 7) is 2.03. The zero-order valence-corrected chi connectivity index (χ0v) is 8.88. The number of hydrogen-bond donors (Lipinski definition) is 0. The van der Waals surface area contributed by atoms with E-state index < -0.39 is 0 Å². The average molecular weight is 206 g/mol. The Labute approximate surface area is 89.6 Å². The van der Waals surface area contributed by atoms with Crippen molar-refractivity contribution in [1.29, 1.82) is 5.26 Å². The van der Waals surface area contributed by atoms with Crippen molar-refractivity contribution in [3.63, 3.8) is 0 Å². The van der Waals surface area contributed by atoms with E-state index in [1.807, 2.05) is 37.3 Å². The molecule has 0 heterocycles. The van der Waals surface area contributed by atoms with Crippen molar-refractivity contribution in [2.45, 2.75) is 13.3 Å². The maximum absolute atomic E-state index is 8.73. The molecule has 0 aliphatic rings. The van der Waals surface area contributed by atoms with Crippen LogP contribution in [0.3, 0.4) is 0 Å². The van der Waals surface area contributed by atoms with Gasteiger partial charge in [-0.1, -0.05) is 18.2 Å². The Bertz CT molecular complexity index is 374. The quantitative estimate of drug-likeness (QED) is 0.693. The van der Waals surface area contributed by atoms with Gasteiger partial charge in [-0.25, -0.2) is 0 Å². The summed E-state index contributed by atoms with van der Waals surface area (Å²) in [5, 5.41) is 8.73. The first-order valence-electron chi connectivity index (χ1n) is 4.51. The normalized spacial score (nSPS) is 10.4. The van der Waals surface area contributed by atoms with E-state index in [1.165, 1.54) is 5.56 Å². The average Bonchev–Trinajstić information content (AvgIpc) is 2.21. The standard InChI is InChI=1S/C12H12ClN/c1-10-5-6-11(9-14)8-12(10)4-2-3-7-13/h2,4-6,8H,3,7H2,1H3. The Hall–Kier alpha value is -1.26. The number of nitrogens with zero attached hydrogens (tertiary/aromatic N) is 1. The van der Waals surface area contributed by atoms with Crippen molar-refractivity contribution in [2.75, 3.05) is 5.88 Å². The molecule has 0 aromatic heterocycles. The number of allylic oxidation sites excluding steroid dienone is 1. The molecule has 0 saturated heterocycles. The lowest BCUT2D eigenvalue weighted by molar-refractivity contribution is 1.24. The maximum Gasteiger partial charge on any atom is 0.0991 e. The van der Waals surface area contributed by atoms with E-state index in [2.05, 4.69) is 6.07 Å². The molecule has 0 unspecified atom stereocenters. The Kier molecular flexibility index (Phi) is 4.22. The van der Waals surface area contributed by atoms with Gasteiger partial charge in [0.25, 0.3) is 0 Å². The van der Waals surface area contributed by atoms with Crippen LogP contribution in [0.1, 0.15) is 23.1 Å². The molecule has 0 amide bonds. The van der Waals surface area contributed by atoms with Crippen molar-refractivity contribution < 1.29 is 0 Å². The van der Waals surface area contributed by atoms with Gasteiger partial charge in [-0.15, -0.1) is 11.6 Å². The predicted molar refractivity (Wildman–Crippen MR) is 60.3 cm³/mol. The smallest absolute Gasteiger partial charge is 0.0991 e. The summed E-state index contributed by atoms with van der Waals surface area (Å²) < 4.78 is 0. The van der Waals surface area contributed by atoms with Gasteiger partial charge in [0.1, 0.15) is 0 Å². The minimum absolute atomic E-state index is 0.632. The van der Waals surface area contributed by atoms with Gasteiger partial charge in [0.15, 0.2) is 0 Å². The molecule has 0 aliphatic carbocycles. The Balaban J connectivity index is 2.90. The summed E-state index contributed by atoms with van der Waals surface area (Å²) >= 11 is 5.56. The lowest BCUT2D eigenvalue weighted by Crippen LogP contribution is -1.82. The molecule has 1 rings (SSSR count). The van der Waals surface area contributed by atoms with Crippen LogP contribution in [-0.4, -0.2) is 5.88 Å². The second-order valence-corrected chi connectivity index (χ2v) is 3.44. The summed E-state index contributed by atoms with van der Waals surface area (Å²) in [6.07, 6.45) is 4.90. The fourth-order valence-corrected chi connectivity index (χ4v) is 1.29. The van der Waals surface area contributed by atoms with Crippen LogP contribution in [0.5, 0.6) is 0 Å². The van der Waals surface area contributed by atoms with Crippen LogP contribution in [0.4, 0.5) is 0 Å². The van der Waals surface area contributed by atoms with E-state index in [-0.39, 0.29) is 0 Å². The molecule has 0 atom stereocenters. The van der Waals surface area contributed by atoms with Gasteiger partial charge >= 0.3 is 0 Å². The number of rotatable bonds is 3. The largest absolute Gasteiger partial charge is 0.192 e. The third kappa shape index (κ3) is 2.90. The number of nitriles is 1. The van der Waals surface area contributed by atoms with Crippen molar-refractivity contribution >= 4 is 17.7 Å². The first-order chi connectivity index (χ1) is 6.77. The van der Waals surface area contributed by atoms with Gasteiger partial charge in [-0.05, 0) is 36.6 Å². The molecule has 0 saturated carbocycles. The highest BCUT2D eigenvalue weighted by Gasteiger charge is 1.95. The van der Waals surface area contributed by atoms with Gasteiger partial charge in [-0.2, -0.15) is 5.26 Å². The molecule has 1 aromatic rings. The Morgan fingerprint density at radius 2 is 2.29 bits per heavy atom. The molecule has 0 fully saturated rings. The Morgan fingerprint density at radius 3 is 2.93 bits per heavy atom. The third-order valence-corrected chi connectivity index (χ3v) is 2.20. The zero-order valence-electron chi connectivity index (χ0n) is 8.13. The molecule has 0 aliphatic heterocycles. The summed E-state index contributed by atoms with van der Waals surface area (Å²) in [7, 11) is 0. The summed E-state index contributed by atoms with van der Waals surface area (Å²) in [5.41, 5.74) is 2.96. The monoisotopic (exact) mass is 205 g/mol. The molecular weight excluding hydrogens is 194 g/mol. The maximum atomic E-state index is 8.73. The van der Waals surface area contributed by atoms with E-state index >= 15 is 0 Å². The van der Waals surface area contributed by atoms with Gasteiger partial charge in [0, 0.05) is 5.88 Å². The molecule has 0 bridgehead atoms. The summed E-state index contributed by atoms with van der Waals surface area (Å²) in [5.74, 6) is 0.632. The molecule has 1 nitrogen and oxygen atoms in total. The van der Waals surface area contributed by atoms with Crippen molar-refractivity contribution in [1.82, 2.24) is 0 Å². The topological polar surface area (TPSA) is 23.8 Å². The van der Waals surface area contributed by atoms with Gasteiger partial charge in [0.2, 0.25) is 0 Å². The zero-order chi connectivity index (χ0) is 10.4. The molecule has 0 spiro atoms. The van der Waals surface area contributed by atoms with Crippen LogP contribution in [0, 0.1) is 18.3 Å². The number of halogens is 1. The van der Waals surface area contributed by atoms with E-state index in [4.69, 9.17) is 16.9 Å². The van der Waals surface area contributed by atoms with E-state index in [0.29, 0.717) is 11.4 Å². The van der Waals surface area contributed by atoms with E-state index in [0.717, 1.165) is 12.0 Å². The minimum atomic E-state index is 0.632. The van der Waals surface area contributed by atoms with Gasteiger partial charge in [0.05, 0.1) is 11.6 Å². The first kappa shape index (κ1) is 10.8. The molecule has 72 valence electrons. The van der Waals surface area contributed by atoms with E-state index in [9.17, 15) is 0 Å². The van der Waals surface area contributed by atoms with Crippen LogP contribution in [-0.2, 0) is 0 Å². The molecule has 0 radical (unpaired) electrons. The number of alkyl halides is 1. The third-order valence-electron chi connectivity index (χ3n) is 1.98.